The Morgan fingerprint density at radius 3 is 2.41 bits per heavy atom. The lowest BCUT2D eigenvalue weighted by atomic mass is 9.91. The monoisotopic (exact) mass is 535 g/mol. The number of benzene rings is 2. The van der Waals surface area contributed by atoms with Crippen LogP contribution in [0.3, 0.4) is 0 Å². The lowest BCUT2D eigenvalue weighted by Crippen LogP contribution is -2.35. The van der Waals surface area contributed by atoms with Gasteiger partial charge >= 0.3 is 5.69 Å². The second-order valence-electron chi connectivity index (χ2n) is 8.69. The number of amides is 1. The van der Waals surface area contributed by atoms with Gasteiger partial charge in [-0.1, -0.05) is 65.7 Å². The fourth-order valence-electron chi connectivity index (χ4n) is 4.26. The minimum atomic E-state index is -0.945. The van der Waals surface area contributed by atoms with Crippen molar-refractivity contribution in [2.75, 3.05) is 11.6 Å². The molecule has 0 unspecified atom stereocenters. The normalized spacial score (nSPS) is 16.0. The summed E-state index contributed by atoms with van der Waals surface area (Å²) in [6.07, 6.45) is 1.50. The van der Waals surface area contributed by atoms with E-state index in [9.17, 15) is 9.59 Å². The molecule has 1 aliphatic rings. The molecule has 4 aromatic rings. The Morgan fingerprint density at radius 1 is 1.05 bits per heavy atom. The van der Waals surface area contributed by atoms with Gasteiger partial charge in [0.1, 0.15) is 6.04 Å². The van der Waals surface area contributed by atoms with Gasteiger partial charge in [0, 0.05) is 17.1 Å². The van der Waals surface area contributed by atoms with Crippen LogP contribution in [0.1, 0.15) is 35.7 Å². The van der Waals surface area contributed by atoms with Crippen molar-refractivity contribution in [1.82, 2.24) is 19.3 Å². The summed E-state index contributed by atoms with van der Waals surface area (Å²) in [7, 11) is 0. The predicted molar refractivity (Wildman–Crippen MR) is 143 cm³/mol. The third kappa shape index (κ3) is 5.00. The first-order valence-corrected chi connectivity index (χ1v) is 12.3. The zero-order valence-corrected chi connectivity index (χ0v) is 21.3. The topological polar surface area (TPSA) is 111 Å². The average molecular weight is 536 g/mol. The number of hydrogen-bond donors (Lipinski definition) is 1. The van der Waals surface area contributed by atoms with E-state index in [1.807, 2.05) is 54.6 Å². The van der Waals surface area contributed by atoms with Crippen LogP contribution in [0.4, 0.5) is 5.95 Å². The maximum Gasteiger partial charge on any atom is 0.348 e. The summed E-state index contributed by atoms with van der Waals surface area (Å²) in [5.41, 5.74) is 8.44. The molecule has 5 rings (SSSR count). The number of carbonyl (C=O) groups is 1. The highest BCUT2D eigenvalue weighted by atomic mass is 35.5. The smallest absolute Gasteiger partial charge is 0.348 e. The number of carbonyl (C=O) groups excluding carboxylic acids is 1. The van der Waals surface area contributed by atoms with Crippen LogP contribution >= 0.6 is 23.2 Å². The molecule has 0 saturated carbocycles. The van der Waals surface area contributed by atoms with Crippen molar-refractivity contribution < 1.29 is 4.79 Å². The Bertz CT molecular complexity index is 1510. The molecule has 2 aromatic heterocycles. The summed E-state index contributed by atoms with van der Waals surface area (Å²) in [4.78, 5) is 29.8. The van der Waals surface area contributed by atoms with Crippen molar-refractivity contribution in [3.05, 3.63) is 110 Å². The molecule has 1 amide bonds. The highest BCUT2D eigenvalue weighted by Crippen LogP contribution is 2.32. The fourth-order valence-corrected chi connectivity index (χ4v) is 4.50. The van der Waals surface area contributed by atoms with Crippen molar-refractivity contribution in [2.45, 2.75) is 25.4 Å². The Labute approximate surface area is 222 Å². The molecule has 188 valence electrons. The van der Waals surface area contributed by atoms with Crippen molar-refractivity contribution in [3.8, 4) is 0 Å². The number of hydrazone groups is 1. The first-order valence-electron chi connectivity index (χ1n) is 11.6. The Kier molecular flexibility index (Phi) is 6.82. The highest BCUT2D eigenvalue weighted by molar-refractivity contribution is 6.30. The number of nitrogens with zero attached hydrogens (tertiary/aromatic N) is 6. The number of aromatic nitrogens is 4. The predicted octanol–water partition coefficient (Wildman–Crippen LogP) is 3.85. The van der Waals surface area contributed by atoms with Gasteiger partial charge in [0.15, 0.2) is 0 Å². The summed E-state index contributed by atoms with van der Waals surface area (Å²) in [6.45, 7) is 2.06. The van der Waals surface area contributed by atoms with Crippen LogP contribution in [-0.4, -0.2) is 37.5 Å². The molecule has 0 spiro atoms. The molecule has 11 heteroatoms. The van der Waals surface area contributed by atoms with Crippen molar-refractivity contribution in [3.63, 3.8) is 0 Å². The first-order chi connectivity index (χ1) is 17.8. The number of hydrogen-bond acceptors (Lipinski definition) is 6. The summed E-state index contributed by atoms with van der Waals surface area (Å²) < 4.78 is 2.52. The average Bonchev–Trinajstić information content (AvgIpc) is 3.48. The summed E-state index contributed by atoms with van der Waals surface area (Å²) in [5.74, 6) is -0.554. The molecule has 37 heavy (non-hydrogen) atoms. The molecule has 0 saturated heterocycles. The second kappa shape index (κ2) is 10.2. The largest absolute Gasteiger partial charge is 0.368 e. The van der Waals surface area contributed by atoms with E-state index in [-0.39, 0.29) is 18.4 Å². The number of anilines is 1. The van der Waals surface area contributed by atoms with Crippen LogP contribution in [0.15, 0.2) is 82.8 Å². The summed E-state index contributed by atoms with van der Waals surface area (Å²) in [6, 6.07) is 19.8. The van der Waals surface area contributed by atoms with Crippen LogP contribution in [0.25, 0.3) is 0 Å². The van der Waals surface area contributed by atoms with E-state index in [0.717, 1.165) is 16.8 Å². The van der Waals surface area contributed by atoms with E-state index < -0.39 is 17.6 Å². The number of pyridine rings is 1. The van der Waals surface area contributed by atoms with Gasteiger partial charge in [-0.25, -0.2) is 19.1 Å². The van der Waals surface area contributed by atoms with Crippen LogP contribution in [-0.2, 0) is 11.3 Å². The molecule has 9 nitrogen and oxygen atoms in total. The van der Waals surface area contributed by atoms with Gasteiger partial charge in [0.05, 0.1) is 29.5 Å². The van der Waals surface area contributed by atoms with Gasteiger partial charge in [-0.2, -0.15) is 5.10 Å². The van der Waals surface area contributed by atoms with Crippen molar-refractivity contribution in [2.24, 2.45) is 10.8 Å². The summed E-state index contributed by atoms with van der Waals surface area (Å²) in [5, 5.41) is 12.2. The molecule has 0 fully saturated rings. The van der Waals surface area contributed by atoms with Gasteiger partial charge in [0.2, 0.25) is 11.9 Å². The Hall–Kier alpha value is -3.95. The quantitative estimate of drug-likeness (QED) is 0.386. The van der Waals surface area contributed by atoms with Crippen LogP contribution < -0.4 is 16.4 Å². The standard InChI is InChI=1S/C26H23Cl2N7O2/c1-16(24(29)36)35-25(32-34(26(35)37)14-21-12-11-20(28)13-30-21)33-15-22(17-5-3-2-4-6-17)23(31-33)18-7-9-19(27)10-8-18/h2-13,16,22H,14-15H2,1H3,(H2,29,36)/t16-,22+/m1/s1. The summed E-state index contributed by atoms with van der Waals surface area (Å²) >= 11 is 12.1. The lowest BCUT2D eigenvalue weighted by Gasteiger charge is -2.18. The molecule has 0 bridgehead atoms. The second-order valence-corrected chi connectivity index (χ2v) is 9.57. The molecule has 1 aliphatic heterocycles. The van der Waals surface area contributed by atoms with Crippen molar-refractivity contribution >= 4 is 40.8 Å². The fraction of sp³-hybridized carbons (Fsp3) is 0.192. The highest BCUT2D eigenvalue weighted by Gasteiger charge is 2.34. The zero-order valence-electron chi connectivity index (χ0n) is 19.8. The molecule has 0 aliphatic carbocycles. The van der Waals surface area contributed by atoms with E-state index in [0.29, 0.717) is 22.3 Å². The minimum absolute atomic E-state index is 0.0885. The molecule has 2 N–H and O–H groups in total. The van der Waals surface area contributed by atoms with E-state index in [4.69, 9.17) is 34.0 Å². The van der Waals surface area contributed by atoms with Gasteiger partial charge in [0.25, 0.3) is 0 Å². The van der Waals surface area contributed by atoms with E-state index in [1.165, 1.54) is 15.4 Å². The first kappa shape index (κ1) is 24.7. The molecule has 3 heterocycles. The lowest BCUT2D eigenvalue weighted by molar-refractivity contribution is -0.120. The molecular formula is C26H23Cl2N7O2. The van der Waals surface area contributed by atoms with Gasteiger partial charge in [-0.15, -0.1) is 5.10 Å². The third-order valence-electron chi connectivity index (χ3n) is 6.24. The Morgan fingerprint density at radius 2 is 1.76 bits per heavy atom. The molecule has 2 aromatic carbocycles. The maximum atomic E-state index is 13.4. The SMILES string of the molecule is C[C@H](C(N)=O)n1c(N2C[C@@H](c3ccccc3)C(c3ccc(Cl)cc3)=N2)nn(Cc2ccc(Cl)cn2)c1=O. The van der Waals surface area contributed by atoms with Gasteiger partial charge in [-0.3, -0.25) is 9.78 Å². The van der Waals surface area contributed by atoms with Crippen LogP contribution in [0.5, 0.6) is 0 Å². The minimum Gasteiger partial charge on any atom is -0.368 e. The van der Waals surface area contributed by atoms with E-state index in [2.05, 4.69) is 10.1 Å². The molecular weight excluding hydrogens is 513 g/mol. The van der Waals surface area contributed by atoms with E-state index in [1.54, 1.807) is 24.1 Å². The maximum absolute atomic E-state index is 13.4. The van der Waals surface area contributed by atoms with Gasteiger partial charge in [-0.05, 0) is 42.3 Å². The number of primary amides is 1. The molecule has 0 radical (unpaired) electrons. The molecule has 2 atom stereocenters. The number of rotatable bonds is 7. The number of nitrogens with two attached hydrogens (primary N) is 1. The van der Waals surface area contributed by atoms with Crippen molar-refractivity contribution in [1.29, 1.82) is 0 Å². The Balaban J connectivity index is 1.60. The van der Waals surface area contributed by atoms with E-state index >= 15 is 0 Å². The van der Waals surface area contributed by atoms with Crippen LogP contribution in [0.2, 0.25) is 10.0 Å². The van der Waals surface area contributed by atoms with Gasteiger partial charge < -0.3 is 5.73 Å². The third-order valence-corrected chi connectivity index (χ3v) is 6.71. The zero-order chi connectivity index (χ0) is 26.1. The number of halogens is 2. The van der Waals surface area contributed by atoms with Crippen LogP contribution in [0, 0.1) is 0 Å².